The third-order valence-electron chi connectivity index (χ3n) is 2.55. The molecular formula is C13H18FNO6. The summed E-state index contributed by atoms with van der Waals surface area (Å²) in [6.07, 6.45) is -5.83. The van der Waals surface area contributed by atoms with Gasteiger partial charge in [0, 0.05) is 20.3 Å². The maximum atomic E-state index is 14.2. The van der Waals surface area contributed by atoms with Gasteiger partial charge in [-0.05, 0) is 13.3 Å². The number of hydrogen-bond donors (Lipinski definition) is 0. The highest BCUT2D eigenvalue weighted by molar-refractivity contribution is 5.67. The third kappa shape index (κ3) is 7.25. The topological polar surface area (TPSA) is 103 Å². The van der Waals surface area contributed by atoms with Crippen molar-refractivity contribution in [3.8, 4) is 6.07 Å². The zero-order chi connectivity index (χ0) is 16.4. The number of carbonyl (C=O) groups excluding carboxylic acids is 3. The number of esters is 2. The van der Waals surface area contributed by atoms with Crippen LogP contribution in [0.4, 0.5) is 4.39 Å². The minimum absolute atomic E-state index is 0.103. The van der Waals surface area contributed by atoms with E-state index in [-0.39, 0.29) is 19.3 Å². The van der Waals surface area contributed by atoms with Crippen LogP contribution in [-0.2, 0) is 28.6 Å². The van der Waals surface area contributed by atoms with Crippen LogP contribution in [0.5, 0.6) is 0 Å². The van der Waals surface area contributed by atoms with Crippen molar-refractivity contribution in [3.05, 3.63) is 0 Å². The summed E-state index contributed by atoms with van der Waals surface area (Å²) < 4.78 is 28.5. The first-order valence-electron chi connectivity index (χ1n) is 6.28. The van der Waals surface area contributed by atoms with Gasteiger partial charge in [0.15, 0.2) is 12.2 Å². The summed E-state index contributed by atoms with van der Waals surface area (Å²) in [6.45, 7) is 3.65. The average molecular weight is 303 g/mol. The molecule has 0 unspecified atom stereocenters. The summed E-state index contributed by atoms with van der Waals surface area (Å²) >= 11 is 0. The lowest BCUT2D eigenvalue weighted by Crippen LogP contribution is -2.47. The van der Waals surface area contributed by atoms with Crippen LogP contribution in [0.2, 0.25) is 0 Å². The highest BCUT2D eigenvalue weighted by Crippen LogP contribution is 2.21. The molecule has 0 saturated carbocycles. The molecule has 0 aliphatic heterocycles. The zero-order valence-corrected chi connectivity index (χ0v) is 12.1. The first-order valence-corrected chi connectivity index (χ1v) is 6.28. The van der Waals surface area contributed by atoms with Crippen LogP contribution >= 0.6 is 0 Å². The second kappa shape index (κ2) is 9.69. The Bertz CT molecular complexity index is 408. The lowest BCUT2D eigenvalue weighted by Gasteiger charge is -2.31. The van der Waals surface area contributed by atoms with Crippen molar-refractivity contribution in [1.82, 2.24) is 0 Å². The first-order chi connectivity index (χ1) is 9.83. The van der Waals surface area contributed by atoms with E-state index in [1.54, 1.807) is 6.07 Å². The number of halogens is 1. The second-order valence-corrected chi connectivity index (χ2v) is 4.30. The molecule has 0 rings (SSSR count). The molecule has 0 radical (unpaired) electrons. The van der Waals surface area contributed by atoms with E-state index in [1.807, 2.05) is 0 Å². The Kier molecular flexibility index (Phi) is 8.69. The van der Waals surface area contributed by atoms with Crippen molar-refractivity contribution >= 4 is 18.4 Å². The summed E-state index contributed by atoms with van der Waals surface area (Å²) in [6, 6.07) is 1.77. The summed E-state index contributed by atoms with van der Waals surface area (Å²) in [7, 11) is 0. The normalized spacial score (nSPS) is 15.8. The number of nitrogens with zero attached hydrogens (tertiary/aromatic N) is 1. The van der Waals surface area contributed by atoms with Gasteiger partial charge in [0.25, 0.3) is 6.47 Å². The van der Waals surface area contributed by atoms with Crippen LogP contribution in [-0.4, -0.2) is 42.9 Å². The van der Waals surface area contributed by atoms with Gasteiger partial charge in [-0.15, -0.1) is 0 Å². The number of alkyl halides is 1. The molecule has 0 aromatic heterocycles. The molecule has 0 aromatic carbocycles. The molecule has 21 heavy (non-hydrogen) atoms. The van der Waals surface area contributed by atoms with E-state index in [2.05, 4.69) is 4.74 Å². The lowest BCUT2D eigenvalue weighted by molar-refractivity contribution is -0.184. The Morgan fingerprint density at radius 2 is 1.76 bits per heavy atom. The van der Waals surface area contributed by atoms with E-state index in [0.29, 0.717) is 0 Å². The molecule has 0 N–H and O–H groups in total. The molecular weight excluding hydrogens is 285 g/mol. The van der Waals surface area contributed by atoms with Crippen LogP contribution in [0.15, 0.2) is 0 Å². The maximum absolute atomic E-state index is 14.2. The van der Waals surface area contributed by atoms with Crippen LogP contribution in [0.25, 0.3) is 0 Å². The SMILES string of the molecule is CC(=O)O[C@H]([C@@H](OC(C)=O)[C@@H](F)CCC#N)[C@H](C)OC=O. The first kappa shape index (κ1) is 18.8. The monoisotopic (exact) mass is 303 g/mol. The van der Waals surface area contributed by atoms with Gasteiger partial charge in [0.05, 0.1) is 6.07 Å². The largest absolute Gasteiger partial charge is 0.461 e. The van der Waals surface area contributed by atoms with Crippen LogP contribution in [0.1, 0.15) is 33.6 Å². The van der Waals surface area contributed by atoms with Gasteiger partial charge in [-0.3, -0.25) is 14.4 Å². The van der Waals surface area contributed by atoms with Gasteiger partial charge in [0.1, 0.15) is 12.3 Å². The summed E-state index contributed by atoms with van der Waals surface area (Å²) in [5, 5.41) is 8.48. The molecule has 0 heterocycles. The molecule has 0 aromatic rings. The summed E-state index contributed by atoms with van der Waals surface area (Å²) in [4.78, 5) is 32.6. The fourth-order valence-corrected chi connectivity index (χ4v) is 1.69. The van der Waals surface area contributed by atoms with Crippen molar-refractivity contribution in [2.24, 2.45) is 0 Å². The number of hydrogen-bond acceptors (Lipinski definition) is 7. The standard InChI is InChI=1S/C13H18FNO6/c1-8(19-7-16)12(20-9(2)17)13(21-10(3)18)11(14)5-4-6-15/h7-8,11-13H,4-5H2,1-3H3/t8-,11-,12-,13-/m0/s1. The maximum Gasteiger partial charge on any atom is 0.303 e. The molecule has 7 nitrogen and oxygen atoms in total. The van der Waals surface area contributed by atoms with Crippen LogP contribution in [0, 0.1) is 11.3 Å². The zero-order valence-electron chi connectivity index (χ0n) is 12.1. The Morgan fingerprint density at radius 1 is 1.24 bits per heavy atom. The fraction of sp³-hybridized carbons (Fsp3) is 0.692. The number of ether oxygens (including phenoxy) is 3. The molecule has 0 saturated heterocycles. The highest BCUT2D eigenvalue weighted by Gasteiger charge is 2.39. The molecule has 4 atom stereocenters. The van der Waals surface area contributed by atoms with Gasteiger partial charge in [0.2, 0.25) is 0 Å². The summed E-state index contributed by atoms with van der Waals surface area (Å²) in [5.41, 5.74) is 0. The average Bonchev–Trinajstić information content (AvgIpc) is 2.39. The molecule has 0 aliphatic rings. The lowest BCUT2D eigenvalue weighted by atomic mass is 10.0. The minimum Gasteiger partial charge on any atom is -0.461 e. The molecule has 118 valence electrons. The van der Waals surface area contributed by atoms with Crippen LogP contribution in [0.3, 0.4) is 0 Å². The molecule has 0 aliphatic carbocycles. The smallest absolute Gasteiger partial charge is 0.303 e. The molecule has 0 amide bonds. The quantitative estimate of drug-likeness (QED) is 0.356. The van der Waals surface area contributed by atoms with Crippen LogP contribution < -0.4 is 0 Å². The van der Waals surface area contributed by atoms with E-state index in [0.717, 1.165) is 13.8 Å². The predicted molar refractivity (Wildman–Crippen MR) is 67.5 cm³/mol. The van der Waals surface area contributed by atoms with Gasteiger partial charge >= 0.3 is 11.9 Å². The fourth-order valence-electron chi connectivity index (χ4n) is 1.69. The minimum atomic E-state index is -1.74. The van der Waals surface area contributed by atoms with E-state index in [9.17, 15) is 18.8 Å². The molecule has 0 bridgehead atoms. The van der Waals surface area contributed by atoms with E-state index in [1.165, 1.54) is 6.92 Å². The van der Waals surface area contributed by atoms with Crippen molar-refractivity contribution in [1.29, 1.82) is 5.26 Å². The van der Waals surface area contributed by atoms with Crippen molar-refractivity contribution in [2.75, 3.05) is 0 Å². The van der Waals surface area contributed by atoms with Crippen molar-refractivity contribution < 1.29 is 33.0 Å². The highest BCUT2D eigenvalue weighted by atomic mass is 19.1. The predicted octanol–water partition coefficient (Wildman–Crippen LogP) is 1.05. The Morgan fingerprint density at radius 3 is 2.19 bits per heavy atom. The van der Waals surface area contributed by atoms with E-state index in [4.69, 9.17) is 14.7 Å². The van der Waals surface area contributed by atoms with Gasteiger partial charge in [-0.1, -0.05) is 0 Å². The van der Waals surface area contributed by atoms with E-state index < -0.39 is 36.4 Å². The van der Waals surface area contributed by atoms with E-state index >= 15 is 0 Å². The van der Waals surface area contributed by atoms with Gasteiger partial charge in [-0.2, -0.15) is 5.26 Å². The van der Waals surface area contributed by atoms with Gasteiger partial charge in [-0.25, -0.2) is 4.39 Å². The third-order valence-corrected chi connectivity index (χ3v) is 2.55. The summed E-state index contributed by atoms with van der Waals surface area (Å²) in [5.74, 6) is -1.53. The molecule has 0 fully saturated rings. The van der Waals surface area contributed by atoms with Gasteiger partial charge < -0.3 is 14.2 Å². The Labute approximate surface area is 122 Å². The molecule has 0 spiro atoms. The van der Waals surface area contributed by atoms with Crippen molar-refractivity contribution in [3.63, 3.8) is 0 Å². The second-order valence-electron chi connectivity index (χ2n) is 4.30. The Hall–Kier alpha value is -2.17. The Balaban J connectivity index is 5.22. The number of nitriles is 1. The van der Waals surface area contributed by atoms with Crippen molar-refractivity contribution in [2.45, 2.75) is 58.1 Å². The number of rotatable bonds is 9. The molecule has 8 heteroatoms. The number of carbonyl (C=O) groups is 3.